The number of hydrogen-bond acceptors (Lipinski definition) is 9. The van der Waals surface area contributed by atoms with Gasteiger partial charge < -0.3 is 40.4 Å². The van der Waals surface area contributed by atoms with E-state index in [0.717, 1.165) is 19.3 Å². The minimum absolute atomic E-state index is 0.214. The number of carbonyl (C=O) groups excluding carboxylic acids is 1. The maximum Gasteiger partial charge on any atom is 0.305 e. The van der Waals surface area contributed by atoms with E-state index in [4.69, 9.17) is 19.9 Å². The number of unbranched alkanes of at least 4 members (excludes halogenated alkanes) is 14. The van der Waals surface area contributed by atoms with Crippen LogP contribution in [0.2, 0.25) is 0 Å². The minimum Gasteiger partial charge on any atom is -0.463 e. The topological polar surface area (TPSA) is 152 Å². The first-order chi connectivity index (χ1) is 17.4. The Balaban J connectivity index is 1.94. The maximum atomic E-state index is 11.9. The van der Waals surface area contributed by atoms with Gasteiger partial charge in [0.05, 0.1) is 19.3 Å². The van der Waals surface area contributed by atoms with E-state index in [1.165, 1.54) is 77.0 Å². The van der Waals surface area contributed by atoms with Crippen LogP contribution in [0, 0.1) is 0 Å². The van der Waals surface area contributed by atoms with Crippen molar-refractivity contribution in [3.63, 3.8) is 0 Å². The molecule has 9 nitrogen and oxygen atoms in total. The molecule has 1 rings (SSSR count). The Labute approximate surface area is 217 Å². The molecule has 0 radical (unpaired) electrons. The van der Waals surface area contributed by atoms with Crippen molar-refractivity contribution in [1.29, 1.82) is 0 Å². The molecule has 0 bridgehead atoms. The van der Waals surface area contributed by atoms with Gasteiger partial charge in [-0.2, -0.15) is 0 Å². The first-order valence-electron chi connectivity index (χ1n) is 14.2. The highest BCUT2D eigenvalue weighted by Crippen LogP contribution is 2.21. The molecule has 0 aromatic rings. The lowest BCUT2D eigenvalue weighted by molar-refractivity contribution is -0.270. The van der Waals surface area contributed by atoms with Gasteiger partial charge in [0.15, 0.2) is 6.29 Å². The van der Waals surface area contributed by atoms with E-state index in [1.54, 1.807) is 0 Å². The molecule has 36 heavy (non-hydrogen) atoms. The molecule has 6 atom stereocenters. The molecule has 0 aliphatic carbocycles. The van der Waals surface area contributed by atoms with Crippen molar-refractivity contribution in [3.05, 3.63) is 0 Å². The molecule has 1 aliphatic heterocycles. The van der Waals surface area contributed by atoms with Gasteiger partial charge in [0.1, 0.15) is 31.0 Å². The fourth-order valence-corrected chi connectivity index (χ4v) is 4.41. The van der Waals surface area contributed by atoms with Crippen molar-refractivity contribution in [3.8, 4) is 0 Å². The third kappa shape index (κ3) is 14.8. The molecule has 1 saturated heterocycles. The number of aliphatic hydroxyl groups excluding tert-OH is 4. The fraction of sp³-hybridized carbons (Fsp3) is 0.963. The molecule has 1 aliphatic rings. The van der Waals surface area contributed by atoms with Gasteiger partial charge in [0.2, 0.25) is 0 Å². The van der Waals surface area contributed by atoms with Gasteiger partial charge in [-0.25, -0.2) is 0 Å². The number of hydrogen-bond donors (Lipinski definition) is 5. The summed E-state index contributed by atoms with van der Waals surface area (Å²) in [5.74, 6) is -0.353. The second kappa shape index (κ2) is 21.2. The number of nitrogens with two attached hydrogens (primary N) is 1. The van der Waals surface area contributed by atoms with Crippen LogP contribution >= 0.6 is 0 Å². The third-order valence-electron chi connectivity index (χ3n) is 6.80. The average molecular weight is 520 g/mol. The predicted molar refractivity (Wildman–Crippen MR) is 138 cm³/mol. The molecule has 0 saturated carbocycles. The lowest BCUT2D eigenvalue weighted by Crippen LogP contribution is -2.62. The van der Waals surface area contributed by atoms with Crippen LogP contribution in [0.15, 0.2) is 0 Å². The molecule has 1 unspecified atom stereocenters. The van der Waals surface area contributed by atoms with E-state index in [0.29, 0.717) is 6.42 Å². The van der Waals surface area contributed by atoms with Crippen LogP contribution in [-0.4, -0.2) is 83.0 Å². The van der Waals surface area contributed by atoms with E-state index in [-0.39, 0.29) is 19.2 Å². The van der Waals surface area contributed by atoms with Crippen LogP contribution in [0.25, 0.3) is 0 Å². The van der Waals surface area contributed by atoms with Gasteiger partial charge in [-0.05, 0) is 6.42 Å². The maximum absolute atomic E-state index is 11.9. The number of ether oxygens (including phenoxy) is 3. The summed E-state index contributed by atoms with van der Waals surface area (Å²) in [5.41, 5.74) is 5.78. The largest absolute Gasteiger partial charge is 0.463 e. The van der Waals surface area contributed by atoms with Gasteiger partial charge in [-0.1, -0.05) is 96.8 Å². The monoisotopic (exact) mass is 519 g/mol. The van der Waals surface area contributed by atoms with Crippen molar-refractivity contribution in [2.24, 2.45) is 5.73 Å². The first-order valence-corrected chi connectivity index (χ1v) is 14.2. The average Bonchev–Trinajstić information content (AvgIpc) is 2.88. The van der Waals surface area contributed by atoms with Gasteiger partial charge in [-0.3, -0.25) is 4.79 Å². The van der Waals surface area contributed by atoms with E-state index in [2.05, 4.69) is 6.92 Å². The lowest BCUT2D eigenvalue weighted by atomic mass is 9.98. The van der Waals surface area contributed by atoms with E-state index in [1.807, 2.05) is 0 Å². The second-order valence-electron chi connectivity index (χ2n) is 10.2. The molecular weight excluding hydrogens is 466 g/mol. The molecular formula is C27H53NO8. The summed E-state index contributed by atoms with van der Waals surface area (Å²) >= 11 is 0. The zero-order chi connectivity index (χ0) is 26.6. The summed E-state index contributed by atoms with van der Waals surface area (Å²) in [6, 6.07) is -1.04. The van der Waals surface area contributed by atoms with Crippen LogP contribution < -0.4 is 5.73 Å². The summed E-state index contributed by atoms with van der Waals surface area (Å²) in [5, 5.41) is 38.9. The van der Waals surface area contributed by atoms with Crippen molar-refractivity contribution in [2.75, 3.05) is 19.8 Å². The normalized spacial score (nSPS) is 25.1. The lowest BCUT2D eigenvalue weighted by Gasteiger charge is -2.40. The third-order valence-corrected chi connectivity index (χ3v) is 6.80. The minimum atomic E-state index is -1.33. The Bertz CT molecular complexity index is 536. The molecule has 1 fully saturated rings. The van der Waals surface area contributed by atoms with E-state index in [9.17, 15) is 25.2 Å². The van der Waals surface area contributed by atoms with Gasteiger partial charge in [-0.15, -0.1) is 0 Å². The number of aliphatic hydroxyl groups is 4. The Morgan fingerprint density at radius 2 is 1.33 bits per heavy atom. The zero-order valence-corrected chi connectivity index (χ0v) is 22.4. The van der Waals surface area contributed by atoms with Crippen LogP contribution in [0.1, 0.15) is 110 Å². The summed E-state index contributed by atoms with van der Waals surface area (Å²) < 4.78 is 15.8. The number of rotatable bonds is 22. The molecule has 0 aromatic heterocycles. The predicted octanol–water partition coefficient (Wildman–Crippen LogP) is 2.93. The molecule has 0 spiro atoms. The Morgan fingerprint density at radius 3 is 1.83 bits per heavy atom. The summed E-state index contributed by atoms with van der Waals surface area (Å²) in [6.07, 6.45) is 13.4. The SMILES string of the molecule is CCCCCCCCCCCCCCCCCC(=O)OCC(O)CO[C@@H]1O[C@H](CO)[C@@H](O)[C@H](O)[C@@H]1N. The van der Waals surface area contributed by atoms with Crippen LogP contribution in [0.5, 0.6) is 0 Å². The quantitative estimate of drug-likeness (QED) is 0.107. The molecule has 1 heterocycles. The highest BCUT2D eigenvalue weighted by Gasteiger charge is 2.43. The zero-order valence-electron chi connectivity index (χ0n) is 22.4. The molecule has 9 heteroatoms. The van der Waals surface area contributed by atoms with E-state index >= 15 is 0 Å². The van der Waals surface area contributed by atoms with Crippen molar-refractivity contribution < 1.29 is 39.4 Å². The number of esters is 1. The fourth-order valence-electron chi connectivity index (χ4n) is 4.41. The molecule has 0 aromatic carbocycles. The molecule has 0 amide bonds. The highest BCUT2D eigenvalue weighted by molar-refractivity contribution is 5.69. The smallest absolute Gasteiger partial charge is 0.305 e. The Kier molecular flexibility index (Phi) is 19.5. The van der Waals surface area contributed by atoms with Crippen LogP contribution in [0.3, 0.4) is 0 Å². The van der Waals surface area contributed by atoms with Gasteiger partial charge in [0, 0.05) is 6.42 Å². The van der Waals surface area contributed by atoms with Crippen LogP contribution in [-0.2, 0) is 19.0 Å². The van der Waals surface area contributed by atoms with Gasteiger partial charge in [0.25, 0.3) is 0 Å². The molecule has 6 N–H and O–H groups in total. The van der Waals surface area contributed by atoms with Crippen molar-refractivity contribution in [1.82, 2.24) is 0 Å². The summed E-state index contributed by atoms with van der Waals surface area (Å²) in [7, 11) is 0. The highest BCUT2D eigenvalue weighted by atomic mass is 16.7. The van der Waals surface area contributed by atoms with E-state index < -0.39 is 43.4 Å². The summed E-state index contributed by atoms with van der Waals surface area (Å²) in [4.78, 5) is 11.9. The Morgan fingerprint density at radius 1 is 0.833 bits per heavy atom. The van der Waals surface area contributed by atoms with Crippen LogP contribution in [0.4, 0.5) is 0 Å². The standard InChI is InChI=1S/C27H53NO8/c1-2-3-4-5-6-7-8-9-10-11-12-13-14-15-16-17-23(31)34-19-21(30)20-35-27-24(28)26(33)25(32)22(18-29)36-27/h21-22,24-27,29-30,32-33H,2-20,28H2,1H3/t21?,22-,24+,25-,26-,27-/m1/s1. The van der Waals surface area contributed by atoms with Crippen molar-refractivity contribution >= 4 is 5.97 Å². The number of carbonyl (C=O) groups is 1. The summed E-state index contributed by atoms with van der Waals surface area (Å²) in [6.45, 7) is 1.30. The second-order valence-corrected chi connectivity index (χ2v) is 10.2. The first kappa shape index (κ1) is 33.2. The van der Waals surface area contributed by atoms with Crippen molar-refractivity contribution in [2.45, 2.75) is 146 Å². The Hall–Kier alpha value is -0.810. The molecule has 214 valence electrons. The van der Waals surface area contributed by atoms with Gasteiger partial charge >= 0.3 is 5.97 Å².